The van der Waals surface area contributed by atoms with Gasteiger partial charge in [-0.1, -0.05) is 0 Å². The van der Waals surface area contributed by atoms with Crippen molar-refractivity contribution in [1.29, 1.82) is 0 Å². The van der Waals surface area contributed by atoms with Crippen LogP contribution >= 0.6 is 0 Å². The van der Waals surface area contributed by atoms with Gasteiger partial charge in [-0.3, -0.25) is 9.78 Å². The van der Waals surface area contributed by atoms with E-state index in [-0.39, 0.29) is 23.6 Å². The van der Waals surface area contributed by atoms with Crippen LogP contribution in [0.25, 0.3) is 0 Å². The molecule has 0 radical (unpaired) electrons. The fourth-order valence-electron chi connectivity index (χ4n) is 1.40. The fraction of sp³-hybridized carbons (Fsp3) is 0.364. The Kier molecular flexibility index (Phi) is 4.75. The van der Waals surface area contributed by atoms with E-state index in [2.05, 4.69) is 10.3 Å². The summed E-state index contributed by atoms with van der Waals surface area (Å²) in [6, 6.07) is 1.23. The largest absolute Gasteiger partial charge is 0.478 e. The van der Waals surface area contributed by atoms with Gasteiger partial charge in [0.15, 0.2) is 0 Å². The molecule has 0 saturated carbocycles. The van der Waals surface area contributed by atoms with Crippen LogP contribution in [0.15, 0.2) is 18.5 Å². The van der Waals surface area contributed by atoms with Gasteiger partial charge in [0.25, 0.3) is 0 Å². The Labute approximate surface area is 103 Å². The molecule has 98 valence electrons. The molecule has 0 aliphatic carbocycles. The molecule has 18 heavy (non-hydrogen) atoms. The number of aromatic carboxylic acids is 1. The molecule has 0 aliphatic heterocycles. The number of nitrogens with zero attached hydrogens (tertiary/aromatic N) is 1. The molecular formula is C11H14N2O5. The lowest BCUT2D eigenvalue weighted by Gasteiger charge is -2.19. The molecule has 1 aromatic heterocycles. The van der Waals surface area contributed by atoms with E-state index in [0.717, 1.165) is 0 Å². The van der Waals surface area contributed by atoms with Crippen LogP contribution in [0, 0.1) is 0 Å². The molecule has 4 N–H and O–H groups in total. The number of carbonyl (C=O) groups is 2. The third kappa shape index (κ3) is 3.51. The number of aliphatic hydroxyl groups is 2. The highest BCUT2D eigenvalue weighted by Gasteiger charge is 2.23. The number of carbonyl (C=O) groups excluding carboxylic acids is 1. The SMILES string of the molecule is CC(=O)NCC(O)C(O)c1cnccc1C(=O)O. The second kappa shape index (κ2) is 6.08. The zero-order valence-corrected chi connectivity index (χ0v) is 9.70. The van der Waals surface area contributed by atoms with Gasteiger partial charge < -0.3 is 20.6 Å². The van der Waals surface area contributed by atoms with Crippen molar-refractivity contribution in [1.82, 2.24) is 10.3 Å². The first kappa shape index (κ1) is 14.1. The van der Waals surface area contributed by atoms with Crippen LogP contribution in [0.2, 0.25) is 0 Å². The average molecular weight is 254 g/mol. The van der Waals surface area contributed by atoms with Crippen molar-refractivity contribution in [2.45, 2.75) is 19.1 Å². The molecule has 1 rings (SSSR count). The molecule has 0 saturated heterocycles. The van der Waals surface area contributed by atoms with Crippen molar-refractivity contribution < 1.29 is 24.9 Å². The first-order chi connectivity index (χ1) is 8.43. The van der Waals surface area contributed by atoms with Gasteiger partial charge in [0.2, 0.25) is 5.91 Å². The smallest absolute Gasteiger partial charge is 0.336 e. The molecule has 7 nitrogen and oxygen atoms in total. The van der Waals surface area contributed by atoms with Crippen LogP contribution < -0.4 is 5.32 Å². The number of hydrogen-bond donors (Lipinski definition) is 4. The van der Waals surface area contributed by atoms with Gasteiger partial charge in [-0.2, -0.15) is 0 Å². The van der Waals surface area contributed by atoms with Crippen LogP contribution in [-0.4, -0.2) is 44.8 Å². The normalized spacial score (nSPS) is 13.7. The second-order valence-corrected chi connectivity index (χ2v) is 3.72. The maximum Gasteiger partial charge on any atom is 0.336 e. The van der Waals surface area contributed by atoms with E-state index in [1.54, 1.807) is 0 Å². The van der Waals surface area contributed by atoms with Crippen molar-refractivity contribution in [2.24, 2.45) is 0 Å². The first-order valence-corrected chi connectivity index (χ1v) is 5.21. The molecule has 1 amide bonds. The number of aliphatic hydroxyl groups excluding tert-OH is 2. The maximum atomic E-state index is 10.9. The summed E-state index contributed by atoms with van der Waals surface area (Å²) in [4.78, 5) is 25.3. The van der Waals surface area contributed by atoms with Crippen LogP contribution in [0.1, 0.15) is 28.9 Å². The topological polar surface area (TPSA) is 120 Å². The van der Waals surface area contributed by atoms with Crippen molar-refractivity contribution in [2.75, 3.05) is 6.54 Å². The Morgan fingerprint density at radius 2 is 2.11 bits per heavy atom. The predicted molar refractivity (Wildman–Crippen MR) is 60.8 cm³/mol. The molecular weight excluding hydrogens is 240 g/mol. The standard InChI is InChI=1S/C11H14N2O5/c1-6(14)13-5-9(15)10(16)8-4-12-3-2-7(8)11(17)18/h2-4,9-10,15-16H,5H2,1H3,(H,13,14)(H,17,18). The van der Waals surface area contributed by atoms with Gasteiger partial charge in [0.1, 0.15) is 12.2 Å². The number of hydrogen-bond acceptors (Lipinski definition) is 5. The van der Waals surface area contributed by atoms with Crippen LogP contribution in [0.4, 0.5) is 0 Å². The highest BCUT2D eigenvalue weighted by atomic mass is 16.4. The van der Waals surface area contributed by atoms with E-state index in [1.165, 1.54) is 25.4 Å². The Bertz CT molecular complexity index is 449. The Morgan fingerprint density at radius 1 is 1.44 bits per heavy atom. The number of carboxylic acid groups (broad SMARTS) is 1. The molecule has 1 heterocycles. The first-order valence-electron chi connectivity index (χ1n) is 5.21. The maximum absolute atomic E-state index is 10.9. The Hall–Kier alpha value is -1.99. The van der Waals surface area contributed by atoms with Crippen LogP contribution in [-0.2, 0) is 4.79 Å². The molecule has 0 bridgehead atoms. The number of amides is 1. The van der Waals surface area contributed by atoms with Gasteiger partial charge in [-0.25, -0.2) is 4.79 Å². The summed E-state index contributed by atoms with van der Waals surface area (Å²) in [6.45, 7) is 1.09. The Morgan fingerprint density at radius 3 is 2.67 bits per heavy atom. The monoisotopic (exact) mass is 254 g/mol. The molecule has 2 atom stereocenters. The average Bonchev–Trinajstić information content (AvgIpc) is 2.34. The quantitative estimate of drug-likeness (QED) is 0.552. The lowest BCUT2D eigenvalue weighted by Crippen LogP contribution is -2.34. The number of carboxylic acids is 1. The molecule has 0 aromatic carbocycles. The second-order valence-electron chi connectivity index (χ2n) is 3.72. The minimum absolute atomic E-state index is 0.00264. The summed E-state index contributed by atoms with van der Waals surface area (Å²) in [5, 5.41) is 30.7. The molecule has 7 heteroatoms. The third-order valence-corrected chi connectivity index (χ3v) is 2.33. The van der Waals surface area contributed by atoms with Crippen molar-refractivity contribution in [3.63, 3.8) is 0 Å². The molecule has 0 spiro atoms. The van der Waals surface area contributed by atoms with E-state index in [1.807, 2.05) is 0 Å². The zero-order valence-electron chi connectivity index (χ0n) is 9.70. The summed E-state index contributed by atoms with van der Waals surface area (Å²) in [7, 11) is 0. The highest BCUT2D eigenvalue weighted by molar-refractivity contribution is 5.89. The van der Waals surface area contributed by atoms with E-state index < -0.39 is 18.2 Å². The Balaban J connectivity index is 2.86. The van der Waals surface area contributed by atoms with E-state index in [4.69, 9.17) is 5.11 Å². The summed E-state index contributed by atoms with van der Waals surface area (Å²) in [5.74, 6) is -1.58. The van der Waals surface area contributed by atoms with E-state index in [9.17, 15) is 19.8 Å². The summed E-state index contributed by atoms with van der Waals surface area (Å²) >= 11 is 0. The van der Waals surface area contributed by atoms with Gasteiger partial charge in [0, 0.05) is 31.4 Å². The number of aromatic nitrogens is 1. The minimum atomic E-state index is -1.43. The van der Waals surface area contributed by atoms with Crippen molar-refractivity contribution in [3.8, 4) is 0 Å². The van der Waals surface area contributed by atoms with Gasteiger partial charge in [0.05, 0.1) is 5.56 Å². The fourth-order valence-corrected chi connectivity index (χ4v) is 1.40. The zero-order chi connectivity index (χ0) is 13.7. The van der Waals surface area contributed by atoms with Crippen LogP contribution in [0.3, 0.4) is 0 Å². The number of pyridine rings is 1. The highest BCUT2D eigenvalue weighted by Crippen LogP contribution is 2.20. The molecule has 2 unspecified atom stereocenters. The summed E-state index contributed by atoms with van der Waals surface area (Å²) in [5.41, 5.74) is -0.137. The number of rotatable bonds is 5. The lowest BCUT2D eigenvalue weighted by atomic mass is 10.0. The number of nitrogens with one attached hydrogen (secondary N) is 1. The molecule has 0 fully saturated rings. The van der Waals surface area contributed by atoms with Gasteiger partial charge in [-0.15, -0.1) is 0 Å². The van der Waals surface area contributed by atoms with Gasteiger partial charge in [-0.05, 0) is 6.07 Å². The lowest BCUT2D eigenvalue weighted by molar-refractivity contribution is -0.119. The minimum Gasteiger partial charge on any atom is -0.478 e. The van der Waals surface area contributed by atoms with E-state index in [0.29, 0.717) is 0 Å². The molecule has 1 aromatic rings. The molecule has 0 aliphatic rings. The van der Waals surface area contributed by atoms with E-state index >= 15 is 0 Å². The van der Waals surface area contributed by atoms with Gasteiger partial charge >= 0.3 is 5.97 Å². The van der Waals surface area contributed by atoms with Crippen molar-refractivity contribution in [3.05, 3.63) is 29.6 Å². The predicted octanol–water partition coefficient (Wildman–Crippen LogP) is -0.690. The van der Waals surface area contributed by atoms with Crippen molar-refractivity contribution >= 4 is 11.9 Å². The summed E-state index contributed by atoms with van der Waals surface area (Å²) in [6.07, 6.45) is -0.293. The van der Waals surface area contributed by atoms with Crippen LogP contribution in [0.5, 0.6) is 0 Å². The summed E-state index contributed by atoms with van der Waals surface area (Å²) < 4.78 is 0. The third-order valence-electron chi connectivity index (χ3n) is 2.33.